The molecule has 0 amide bonds. The lowest BCUT2D eigenvalue weighted by atomic mass is 10.4. The van der Waals surface area contributed by atoms with Gasteiger partial charge in [0.05, 0.1) is 36.1 Å². The van der Waals surface area contributed by atoms with Crippen LogP contribution in [0.25, 0.3) is 0 Å². The van der Waals surface area contributed by atoms with E-state index in [1.807, 2.05) is 0 Å². The van der Waals surface area contributed by atoms with Crippen molar-refractivity contribution in [2.75, 3.05) is 36.1 Å². The van der Waals surface area contributed by atoms with Crippen LogP contribution in [0, 0.1) is 0 Å². The molecule has 0 aromatic heterocycles. The summed E-state index contributed by atoms with van der Waals surface area (Å²) in [6.45, 7) is 1.14. The zero-order valence-corrected chi connectivity index (χ0v) is 17.5. The van der Waals surface area contributed by atoms with Crippen molar-refractivity contribution in [3.05, 3.63) is 0 Å². The molecule has 0 heterocycles. The SMILES string of the molecule is [Br-].[Br-].[NH3+]CCSS(=O)(=O)CCCCS(=O)(=O)SCC[NH3+]. The molecule has 12 heteroatoms. The van der Waals surface area contributed by atoms with E-state index in [2.05, 4.69) is 11.5 Å². The number of rotatable bonds is 11. The molecule has 0 saturated carbocycles. The van der Waals surface area contributed by atoms with E-state index in [0.29, 0.717) is 37.4 Å². The van der Waals surface area contributed by atoms with Crippen molar-refractivity contribution < 1.29 is 62.3 Å². The average molecular weight is 498 g/mol. The molecule has 0 spiro atoms. The van der Waals surface area contributed by atoms with E-state index in [-0.39, 0.29) is 45.5 Å². The molecule has 0 aliphatic heterocycles. The molecule has 0 aliphatic carbocycles. The van der Waals surface area contributed by atoms with Crippen molar-refractivity contribution in [2.24, 2.45) is 0 Å². The lowest BCUT2D eigenvalue weighted by Gasteiger charge is -2.03. The van der Waals surface area contributed by atoms with Gasteiger partial charge in [-0.25, -0.2) is 16.8 Å². The van der Waals surface area contributed by atoms with Crippen LogP contribution in [0.15, 0.2) is 0 Å². The van der Waals surface area contributed by atoms with Gasteiger partial charge in [-0.1, -0.05) is 0 Å². The first-order valence-corrected chi connectivity index (χ1v) is 12.0. The van der Waals surface area contributed by atoms with Crippen molar-refractivity contribution in [3.8, 4) is 0 Å². The van der Waals surface area contributed by atoms with E-state index in [9.17, 15) is 16.8 Å². The Morgan fingerprint density at radius 3 is 1.25 bits per heavy atom. The third-order valence-corrected chi connectivity index (χ3v) is 9.21. The summed E-state index contributed by atoms with van der Waals surface area (Å²) in [7, 11) is -4.43. The summed E-state index contributed by atoms with van der Waals surface area (Å²) in [4.78, 5) is 0. The van der Waals surface area contributed by atoms with E-state index < -0.39 is 17.7 Å². The molecule has 0 saturated heterocycles. The molecule has 0 unspecified atom stereocenters. The Morgan fingerprint density at radius 1 is 0.700 bits per heavy atom. The number of hydrogen-bond donors (Lipinski definition) is 2. The van der Waals surface area contributed by atoms with Gasteiger partial charge in [-0.3, -0.25) is 0 Å². The highest BCUT2D eigenvalue weighted by Gasteiger charge is 2.14. The highest BCUT2D eigenvalue weighted by atomic mass is 79.9. The maximum absolute atomic E-state index is 11.5. The molecule has 20 heavy (non-hydrogen) atoms. The van der Waals surface area contributed by atoms with Gasteiger partial charge in [0.15, 0.2) is 0 Å². The number of halogens is 2. The Kier molecular flexibility index (Phi) is 18.6. The van der Waals surface area contributed by atoms with Gasteiger partial charge in [0.2, 0.25) is 17.7 Å². The van der Waals surface area contributed by atoms with Gasteiger partial charge in [0.25, 0.3) is 0 Å². The summed E-state index contributed by atoms with van der Waals surface area (Å²) in [5.41, 5.74) is 7.15. The molecule has 0 aromatic rings. The van der Waals surface area contributed by atoms with Crippen LogP contribution < -0.4 is 45.4 Å². The quantitative estimate of drug-likeness (QED) is 0.216. The molecule has 6 N–H and O–H groups in total. The van der Waals surface area contributed by atoms with Gasteiger partial charge >= 0.3 is 0 Å². The first-order chi connectivity index (χ1) is 8.33. The van der Waals surface area contributed by atoms with Gasteiger partial charge in [-0.15, -0.1) is 0 Å². The van der Waals surface area contributed by atoms with Crippen LogP contribution in [0.1, 0.15) is 12.8 Å². The minimum Gasteiger partial charge on any atom is -1.00 e. The largest absolute Gasteiger partial charge is 1.00 e. The highest BCUT2D eigenvalue weighted by molar-refractivity contribution is 8.72. The second-order valence-electron chi connectivity index (χ2n) is 3.58. The van der Waals surface area contributed by atoms with Gasteiger partial charge in [-0.2, -0.15) is 0 Å². The van der Waals surface area contributed by atoms with Gasteiger partial charge in [-0.05, 0) is 34.4 Å². The molecule has 0 fully saturated rings. The molecule has 0 bridgehead atoms. The summed E-state index contributed by atoms with van der Waals surface area (Å²) in [6.07, 6.45) is 0.771. The zero-order valence-electron chi connectivity index (χ0n) is 11.1. The minimum absolute atomic E-state index is 0. The van der Waals surface area contributed by atoms with Crippen LogP contribution >= 0.6 is 21.6 Å². The molecule has 0 rings (SSSR count). The lowest BCUT2D eigenvalue weighted by molar-refractivity contribution is -0.360. The number of unbranched alkanes of at least 4 members (excludes halogenated alkanes) is 1. The van der Waals surface area contributed by atoms with Gasteiger partial charge in [0, 0.05) is 0 Å². The Hall–Kier alpha value is 1.48. The van der Waals surface area contributed by atoms with E-state index in [4.69, 9.17) is 0 Å². The highest BCUT2D eigenvalue weighted by Crippen LogP contribution is 2.16. The molecular weight excluding hydrogens is 476 g/mol. The molecule has 126 valence electrons. The average Bonchev–Trinajstić information content (AvgIpc) is 2.30. The Balaban J connectivity index is -0.00000144. The Bertz CT molecular complexity index is 376. The van der Waals surface area contributed by atoms with Crippen LogP contribution in [0.2, 0.25) is 0 Å². The molecule has 6 nitrogen and oxygen atoms in total. The monoisotopic (exact) mass is 496 g/mol. The fourth-order valence-electron chi connectivity index (χ4n) is 1.05. The molecule has 0 atom stereocenters. The Morgan fingerprint density at radius 2 is 1.00 bits per heavy atom. The molecule has 0 aromatic carbocycles. The summed E-state index contributed by atoms with van der Waals surface area (Å²) >= 11 is 0. The summed E-state index contributed by atoms with van der Waals surface area (Å²) in [5.74, 6) is 1.04. The van der Waals surface area contributed by atoms with Crippen LogP contribution in [0.4, 0.5) is 0 Å². The molecule has 0 radical (unpaired) electrons. The minimum atomic E-state index is -3.11. The van der Waals surface area contributed by atoms with Crippen molar-refractivity contribution in [1.82, 2.24) is 0 Å². The lowest BCUT2D eigenvalue weighted by Crippen LogP contribution is -3.00. The second-order valence-corrected chi connectivity index (χ2v) is 12.4. The Labute approximate surface area is 149 Å². The number of hydrogen-bond acceptors (Lipinski definition) is 6. The maximum Gasteiger partial charge on any atom is 0.201 e. The van der Waals surface area contributed by atoms with Crippen molar-refractivity contribution in [2.45, 2.75) is 12.8 Å². The first kappa shape index (κ1) is 26.4. The van der Waals surface area contributed by atoms with Crippen molar-refractivity contribution in [3.63, 3.8) is 0 Å². The van der Waals surface area contributed by atoms with E-state index in [1.165, 1.54) is 0 Å². The topological polar surface area (TPSA) is 124 Å². The zero-order chi connectivity index (χ0) is 14.1. The van der Waals surface area contributed by atoms with Crippen LogP contribution in [-0.4, -0.2) is 52.9 Å². The third-order valence-electron chi connectivity index (χ3n) is 1.85. The van der Waals surface area contributed by atoms with E-state index >= 15 is 0 Å². The van der Waals surface area contributed by atoms with E-state index in [0.717, 1.165) is 21.6 Å². The van der Waals surface area contributed by atoms with E-state index in [1.54, 1.807) is 0 Å². The smallest absolute Gasteiger partial charge is 0.201 e. The van der Waals surface area contributed by atoms with Gasteiger partial charge in [0.1, 0.15) is 0 Å². The number of quaternary nitrogens is 2. The third kappa shape index (κ3) is 15.9. The molecule has 0 aliphatic rings. The first-order valence-electron chi connectivity index (χ1n) is 5.65. The van der Waals surface area contributed by atoms with Crippen LogP contribution in [-0.2, 0) is 17.7 Å². The molecular formula is C8H22Br2N2O4S4. The predicted molar refractivity (Wildman–Crippen MR) is 77.2 cm³/mol. The fourth-order valence-corrected chi connectivity index (χ4v) is 6.79. The second kappa shape index (κ2) is 14.1. The normalized spacial score (nSPS) is 11.5. The maximum atomic E-state index is 11.5. The van der Waals surface area contributed by atoms with Crippen molar-refractivity contribution >= 4 is 39.3 Å². The van der Waals surface area contributed by atoms with Gasteiger partial charge < -0.3 is 45.4 Å². The summed E-state index contributed by atoms with van der Waals surface area (Å²) < 4.78 is 45.8. The van der Waals surface area contributed by atoms with Crippen LogP contribution in [0.5, 0.6) is 0 Å². The standard InChI is InChI=1S/C8H20N2O4S4.2BrH/c9-3-5-15-17(11,12)7-1-2-8-18(13,14)16-6-4-10;;/h1-10H2;2*1H. The fraction of sp³-hybridized carbons (Fsp3) is 1.00. The van der Waals surface area contributed by atoms with Crippen LogP contribution in [0.3, 0.4) is 0 Å². The predicted octanol–water partition coefficient (Wildman–Crippen LogP) is -7.62. The summed E-state index contributed by atoms with van der Waals surface area (Å²) in [5, 5.41) is 0. The van der Waals surface area contributed by atoms with Crippen molar-refractivity contribution in [1.29, 1.82) is 0 Å². The summed E-state index contributed by atoms with van der Waals surface area (Å²) in [6, 6.07) is 0.